The van der Waals surface area contributed by atoms with E-state index in [0.717, 1.165) is 0 Å². The molecule has 2 aromatic rings. The van der Waals surface area contributed by atoms with Crippen LogP contribution < -0.4 is 16.6 Å². The third-order valence-corrected chi connectivity index (χ3v) is 2.61. The molecule has 0 saturated carbocycles. The van der Waals surface area contributed by atoms with Crippen molar-refractivity contribution in [2.75, 3.05) is 5.43 Å². The molecule has 0 bridgehead atoms. The van der Waals surface area contributed by atoms with Crippen LogP contribution in [0.15, 0.2) is 24.5 Å². The summed E-state index contributed by atoms with van der Waals surface area (Å²) in [4.78, 5) is 12.0. The fourth-order valence-corrected chi connectivity index (χ4v) is 1.58. The van der Waals surface area contributed by atoms with Crippen molar-refractivity contribution in [3.05, 3.63) is 41.7 Å². The van der Waals surface area contributed by atoms with Crippen LogP contribution in [0, 0.1) is 5.82 Å². The zero-order chi connectivity index (χ0) is 13.8. The highest BCUT2D eigenvalue weighted by Crippen LogP contribution is 2.18. The maximum Gasteiger partial charge on any atom is 0.253 e. The summed E-state index contributed by atoms with van der Waals surface area (Å²) in [7, 11) is 1.76. The Balaban J connectivity index is 2.12. The van der Waals surface area contributed by atoms with Crippen molar-refractivity contribution in [3.8, 4) is 0 Å². The summed E-state index contributed by atoms with van der Waals surface area (Å²) in [5.41, 5.74) is 2.27. The zero-order valence-electron chi connectivity index (χ0n) is 10.2. The van der Waals surface area contributed by atoms with Crippen molar-refractivity contribution in [1.82, 2.24) is 20.1 Å². The Morgan fingerprint density at radius 1 is 1.53 bits per heavy atom. The van der Waals surface area contributed by atoms with Crippen LogP contribution in [0.25, 0.3) is 0 Å². The van der Waals surface area contributed by atoms with E-state index >= 15 is 0 Å². The fourth-order valence-electron chi connectivity index (χ4n) is 1.58. The first-order valence-corrected chi connectivity index (χ1v) is 5.49. The van der Waals surface area contributed by atoms with Gasteiger partial charge in [-0.3, -0.25) is 10.6 Å². The maximum absolute atomic E-state index is 13.4. The minimum atomic E-state index is -0.589. The lowest BCUT2D eigenvalue weighted by Crippen LogP contribution is -2.26. The molecule has 7 nitrogen and oxygen atoms in total. The first-order valence-electron chi connectivity index (χ1n) is 5.49. The second-order valence-electron chi connectivity index (χ2n) is 3.85. The molecule has 1 aromatic heterocycles. The molecule has 0 radical (unpaired) electrons. The van der Waals surface area contributed by atoms with Gasteiger partial charge in [0, 0.05) is 7.05 Å². The largest absolute Gasteiger partial charge is 0.345 e. The van der Waals surface area contributed by atoms with E-state index in [1.54, 1.807) is 11.6 Å². The number of nitrogens with zero attached hydrogens (tertiary/aromatic N) is 3. The number of amides is 1. The molecule has 1 amide bonds. The zero-order valence-corrected chi connectivity index (χ0v) is 10.2. The van der Waals surface area contributed by atoms with Gasteiger partial charge in [-0.2, -0.15) is 0 Å². The summed E-state index contributed by atoms with van der Waals surface area (Å²) >= 11 is 0. The van der Waals surface area contributed by atoms with Crippen LogP contribution in [-0.2, 0) is 13.6 Å². The predicted molar refractivity (Wildman–Crippen MR) is 66.4 cm³/mol. The maximum atomic E-state index is 13.4. The fraction of sp³-hybridized carbons (Fsp3) is 0.182. The number of benzene rings is 1. The van der Waals surface area contributed by atoms with Gasteiger partial charge >= 0.3 is 0 Å². The van der Waals surface area contributed by atoms with Gasteiger partial charge in [0.15, 0.2) is 5.82 Å². The minimum Gasteiger partial charge on any atom is -0.345 e. The van der Waals surface area contributed by atoms with Crippen molar-refractivity contribution in [2.24, 2.45) is 12.9 Å². The monoisotopic (exact) mass is 264 g/mol. The number of nitrogens with two attached hydrogens (primary N) is 1. The number of hydrogen-bond donors (Lipinski definition) is 3. The number of nitrogens with one attached hydrogen (secondary N) is 2. The molecule has 0 unspecified atom stereocenters. The van der Waals surface area contributed by atoms with Crippen molar-refractivity contribution in [1.29, 1.82) is 0 Å². The van der Waals surface area contributed by atoms with Gasteiger partial charge in [-0.15, -0.1) is 10.2 Å². The number of hydrogen-bond acceptors (Lipinski definition) is 5. The molecule has 100 valence electrons. The molecule has 0 saturated heterocycles. The first-order chi connectivity index (χ1) is 9.13. The van der Waals surface area contributed by atoms with E-state index in [1.807, 2.05) is 0 Å². The van der Waals surface area contributed by atoms with E-state index < -0.39 is 11.7 Å². The van der Waals surface area contributed by atoms with Gasteiger partial charge in [-0.05, 0) is 12.1 Å². The summed E-state index contributed by atoms with van der Waals surface area (Å²) in [6.45, 7) is 0.190. The van der Waals surface area contributed by atoms with Gasteiger partial charge in [0.05, 0.1) is 17.8 Å². The Labute approximate surface area is 108 Å². The average molecular weight is 264 g/mol. The highest BCUT2D eigenvalue weighted by atomic mass is 19.1. The molecular formula is C11H13FN6O. The van der Waals surface area contributed by atoms with Crippen LogP contribution in [0.2, 0.25) is 0 Å². The Kier molecular flexibility index (Phi) is 3.71. The standard InChI is InChI=1S/C11H13FN6O/c1-18-6-15-17-9(18)5-14-11(19)7-3-2-4-8(12)10(7)16-13/h2-4,6,16H,5,13H2,1H3,(H,14,19). The number of rotatable bonds is 4. The molecule has 0 fully saturated rings. The lowest BCUT2D eigenvalue weighted by Gasteiger charge is -2.10. The quantitative estimate of drug-likeness (QED) is 0.540. The summed E-state index contributed by atoms with van der Waals surface area (Å²) in [5.74, 6) is 4.76. The van der Waals surface area contributed by atoms with Gasteiger partial charge < -0.3 is 15.3 Å². The van der Waals surface area contributed by atoms with Crippen LogP contribution in [0.3, 0.4) is 0 Å². The molecule has 19 heavy (non-hydrogen) atoms. The second kappa shape index (κ2) is 5.44. The van der Waals surface area contributed by atoms with Crippen molar-refractivity contribution >= 4 is 11.6 Å². The SMILES string of the molecule is Cn1cnnc1CNC(=O)c1cccc(F)c1NN. The number of halogens is 1. The summed E-state index contributed by atoms with van der Waals surface area (Å²) in [6.07, 6.45) is 1.52. The Bertz CT molecular complexity index is 597. The molecule has 0 aliphatic heterocycles. The molecule has 2 rings (SSSR count). The second-order valence-corrected chi connectivity index (χ2v) is 3.85. The smallest absolute Gasteiger partial charge is 0.253 e. The van der Waals surface area contributed by atoms with Gasteiger partial charge in [0.1, 0.15) is 12.1 Å². The molecule has 0 aliphatic rings. The van der Waals surface area contributed by atoms with E-state index in [-0.39, 0.29) is 17.8 Å². The molecule has 0 spiro atoms. The van der Waals surface area contributed by atoms with Crippen molar-refractivity contribution in [3.63, 3.8) is 0 Å². The highest BCUT2D eigenvalue weighted by molar-refractivity contribution is 5.99. The summed E-state index contributed by atoms with van der Waals surface area (Å²) in [6, 6.07) is 4.13. The number of carbonyl (C=O) groups is 1. The number of carbonyl (C=O) groups excluding carboxylic acids is 1. The van der Waals surface area contributed by atoms with Crippen molar-refractivity contribution < 1.29 is 9.18 Å². The molecular weight excluding hydrogens is 251 g/mol. The normalized spacial score (nSPS) is 10.3. The molecule has 1 aromatic carbocycles. The van der Waals surface area contributed by atoms with Crippen LogP contribution in [0.5, 0.6) is 0 Å². The van der Waals surface area contributed by atoms with Gasteiger partial charge in [-0.25, -0.2) is 4.39 Å². The van der Waals surface area contributed by atoms with E-state index in [4.69, 9.17) is 5.84 Å². The lowest BCUT2D eigenvalue weighted by atomic mass is 10.1. The van der Waals surface area contributed by atoms with E-state index in [2.05, 4.69) is 20.9 Å². The topological polar surface area (TPSA) is 97.9 Å². The number of anilines is 1. The van der Waals surface area contributed by atoms with Crippen LogP contribution >= 0.6 is 0 Å². The number of aryl methyl sites for hydroxylation is 1. The molecule has 1 heterocycles. The summed E-state index contributed by atoms with van der Waals surface area (Å²) in [5, 5.41) is 10.1. The van der Waals surface area contributed by atoms with Gasteiger partial charge in [-0.1, -0.05) is 6.07 Å². The van der Waals surface area contributed by atoms with E-state index in [9.17, 15) is 9.18 Å². The van der Waals surface area contributed by atoms with Crippen LogP contribution in [0.4, 0.5) is 10.1 Å². The Hall–Kier alpha value is -2.48. The van der Waals surface area contributed by atoms with Gasteiger partial charge in [0.25, 0.3) is 5.91 Å². The first kappa shape index (κ1) is 13.0. The lowest BCUT2D eigenvalue weighted by molar-refractivity contribution is 0.0950. The molecule has 0 aliphatic carbocycles. The Morgan fingerprint density at radius 3 is 2.95 bits per heavy atom. The average Bonchev–Trinajstić information content (AvgIpc) is 2.81. The molecule has 8 heteroatoms. The Morgan fingerprint density at radius 2 is 2.32 bits per heavy atom. The molecule has 4 N–H and O–H groups in total. The highest BCUT2D eigenvalue weighted by Gasteiger charge is 2.14. The number of para-hydroxylation sites is 1. The predicted octanol–water partition coefficient (Wildman–Crippen LogP) is 0.170. The minimum absolute atomic E-state index is 0.0436. The third-order valence-electron chi connectivity index (χ3n) is 2.61. The van der Waals surface area contributed by atoms with Crippen LogP contribution in [-0.4, -0.2) is 20.7 Å². The van der Waals surface area contributed by atoms with Gasteiger partial charge in [0.2, 0.25) is 0 Å². The summed E-state index contributed by atoms with van der Waals surface area (Å²) < 4.78 is 15.1. The van der Waals surface area contributed by atoms with Crippen LogP contribution in [0.1, 0.15) is 16.2 Å². The number of hydrazine groups is 1. The van der Waals surface area contributed by atoms with E-state index in [0.29, 0.717) is 5.82 Å². The van der Waals surface area contributed by atoms with E-state index in [1.165, 1.54) is 24.5 Å². The number of aromatic nitrogens is 3. The third kappa shape index (κ3) is 2.68. The molecule has 0 atom stereocenters. The number of nitrogen functional groups attached to an aromatic ring is 1. The van der Waals surface area contributed by atoms with Crippen molar-refractivity contribution in [2.45, 2.75) is 6.54 Å².